The number of fused-ring (bicyclic) bond motifs is 1. The predicted octanol–water partition coefficient (Wildman–Crippen LogP) is 1.27. The largest absolute Gasteiger partial charge is 0.389 e. The van der Waals surface area contributed by atoms with Crippen molar-refractivity contribution in [1.82, 2.24) is 4.90 Å². The summed E-state index contributed by atoms with van der Waals surface area (Å²) in [4.78, 5) is 14.2. The zero-order chi connectivity index (χ0) is 13.5. The van der Waals surface area contributed by atoms with E-state index in [9.17, 15) is 9.90 Å². The number of nitrogens with two attached hydrogens (primary N) is 1. The van der Waals surface area contributed by atoms with Crippen molar-refractivity contribution in [3.05, 3.63) is 0 Å². The molecule has 1 saturated heterocycles. The van der Waals surface area contributed by atoms with Gasteiger partial charge in [0.1, 0.15) is 0 Å². The van der Waals surface area contributed by atoms with Crippen LogP contribution in [-0.4, -0.2) is 40.6 Å². The summed E-state index contributed by atoms with van der Waals surface area (Å²) in [6, 6.07) is 0.0552. The standard InChI is InChI=1S/C15H26N2O2/c16-13(11-4-5-11)9-14(18)17-8-7-15(19)6-2-1-3-12(15)10-17/h11-13,19H,1-10,16H2. The Morgan fingerprint density at radius 1 is 1.32 bits per heavy atom. The minimum atomic E-state index is -0.492. The molecular weight excluding hydrogens is 240 g/mol. The minimum Gasteiger partial charge on any atom is -0.389 e. The second-order valence-electron chi connectivity index (χ2n) is 6.84. The van der Waals surface area contributed by atoms with Gasteiger partial charge in [-0.3, -0.25) is 4.79 Å². The number of carbonyl (C=O) groups is 1. The summed E-state index contributed by atoms with van der Waals surface area (Å²) in [6.07, 6.45) is 7.94. The number of carbonyl (C=O) groups excluding carboxylic acids is 1. The van der Waals surface area contributed by atoms with Crippen molar-refractivity contribution in [3.8, 4) is 0 Å². The Morgan fingerprint density at radius 3 is 2.84 bits per heavy atom. The van der Waals surface area contributed by atoms with Gasteiger partial charge in [-0.15, -0.1) is 0 Å². The van der Waals surface area contributed by atoms with E-state index in [0.29, 0.717) is 18.9 Å². The van der Waals surface area contributed by atoms with Crippen LogP contribution in [0.25, 0.3) is 0 Å². The second-order valence-corrected chi connectivity index (χ2v) is 6.84. The number of hydrogen-bond donors (Lipinski definition) is 2. The topological polar surface area (TPSA) is 66.6 Å². The molecule has 0 radical (unpaired) electrons. The van der Waals surface area contributed by atoms with Gasteiger partial charge < -0.3 is 15.7 Å². The van der Waals surface area contributed by atoms with Gasteiger partial charge in [0.15, 0.2) is 0 Å². The lowest BCUT2D eigenvalue weighted by Crippen LogP contribution is -2.55. The highest BCUT2D eigenvalue weighted by atomic mass is 16.3. The molecule has 3 fully saturated rings. The first-order chi connectivity index (χ1) is 9.08. The summed E-state index contributed by atoms with van der Waals surface area (Å²) in [5.41, 5.74) is 5.56. The minimum absolute atomic E-state index is 0.0552. The summed E-state index contributed by atoms with van der Waals surface area (Å²) in [5, 5.41) is 10.6. The van der Waals surface area contributed by atoms with Gasteiger partial charge in [0, 0.05) is 31.5 Å². The van der Waals surface area contributed by atoms with E-state index in [1.807, 2.05) is 4.90 Å². The van der Waals surface area contributed by atoms with Crippen molar-refractivity contribution in [1.29, 1.82) is 0 Å². The zero-order valence-corrected chi connectivity index (χ0v) is 11.7. The van der Waals surface area contributed by atoms with Gasteiger partial charge in [-0.05, 0) is 38.0 Å². The van der Waals surface area contributed by atoms with Crippen LogP contribution in [0.2, 0.25) is 0 Å². The number of nitrogens with zero attached hydrogens (tertiary/aromatic N) is 1. The van der Waals surface area contributed by atoms with Crippen LogP contribution in [0.5, 0.6) is 0 Å². The number of likely N-dealkylation sites (tertiary alicyclic amines) is 1. The van der Waals surface area contributed by atoms with Crippen molar-refractivity contribution in [2.75, 3.05) is 13.1 Å². The summed E-state index contributed by atoms with van der Waals surface area (Å²) in [6.45, 7) is 1.45. The number of amides is 1. The van der Waals surface area contributed by atoms with Crippen LogP contribution in [0, 0.1) is 11.8 Å². The fourth-order valence-corrected chi connectivity index (χ4v) is 3.82. The van der Waals surface area contributed by atoms with Crippen LogP contribution in [0.1, 0.15) is 51.4 Å². The molecule has 19 heavy (non-hydrogen) atoms. The first-order valence-electron chi connectivity index (χ1n) is 7.84. The Labute approximate surface area is 115 Å². The number of piperidine rings is 1. The maximum Gasteiger partial charge on any atom is 0.224 e. The lowest BCUT2D eigenvalue weighted by atomic mass is 9.71. The molecule has 0 spiro atoms. The van der Waals surface area contributed by atoms with Crippen molar-refractivity contribution in [3.63, 3.8) is 0 Å². The second kappa shape index (κ2) is 5.06. The molecule has 1 heterocycles. The van der Waals surface area contributed by atoms with Gasteiger partial charge in [0.25, 0.3) is 0 Å². The van der Waals surface area contributed by atoms with Crippen molar-refractivity contribution in [2.24, 2.45) is 17.6 Å². The molecule has 2 aliphatic carbocycles. The fraction of sp³-hybridized carbons (Fsp3) is 0.933. The summed E-state index contributed by atoms with van der Waals surface area (Å²) in [7, 11) is 0. The zero-order valence-electron chi connectivity index (χ0n) is 11.7. The van der Waals surface area contributed by atoms with Gasteiger partial charge in [0.2, 0.25) is 5.91 Å². The van der Waals surface area contributed by atoms with Gasteiger partial charge in [-0.2, -0.15) is 0 Å². The third-order valence-corrected chi connectivity index (χ3v) is 5.42. The first-order valence-corrected chi connectivity index (χ1v) is 7.84. The molecule has 1 amide bonds. The normalized spacial score (nSPS) is 36.7. The van der Waals surface area contributed by atoms with Crippen molar-refractivity contribution < 1.29 is 9.90 Å². The number of rotatable bonds is 3. The Kier molecular flexibility index (Phi) is 3.56. The van der Waals surface area contributed by atoms with E-state index >= 15 is 0 Å². The van der Waals surface area contributed by atoms with Crippen LogP contribution < -0.4 is 5.73 Å². The summed E-state index contributed by atoms with van der Waals surface area (Å²) < 4.78 is 0. The fourth-order valence-electron chi connectivity index (χ4n) is 3.82. The molecule has 3 aliphatic rings. The van der Waals surface area contributed by atoms with E-state index in [0.717, 1.165) is 32.2 Å². The Bertz CT molecular complexity index is 356. The van der Waals surface area contributed by atoms with Crippen molar-refractivity contribution >= 4 is 5.91 Å². The lowest BCUT2D eigenvalue weighted by Gasteiger charge is -2.47. The monoisotopic (exact) mass is 266 g/mol. The molecule has 1 aliphatic heterocycles. The quantitative estimate of drug-likeness (QED) is 0.808. The smallest absolute Gasteiger partial charge is 0.224 e. The Morgan fingerprint density at radius 2 is 2.11 bits per heavy atom. The van der Waals surface area contributed by atoms with Gasteiger partial charge >= 0.3 is 0 Å². The van der Waals surface area contributed by atoms with E-state index < -0.39 is 5.60 Å². The molecule has 108 valence electrons. The third kappa shape index (κ3) is 2.79. The molecule has 0 aromatic heterocycles. The molecule has 4 nitrogen and oxygen atoms in total. The van der Waals surface area contributed by atoms with Crippen LogP contribution >= 0.6 is 0 Å². The molecule has 0 aromatic carbocycles. The lowest BCUT2D eigenvalue weighted by molar-refractivity contribution is -0.143. The summed E-state index contributed by atoms with van der Waals surface area (Å²) >= 11 is 0. The molecule has 0 aromatic rings. The maximum absolute atomic E-state index is 12.3. The van der Waals surface area contributed by atoms with Crippen molar-refractivity contribution in [2.45, 2.75) is 63.0 Å². The van der Waals surface area contributed by atoms with Gasteiger partial charge in [0.05, 0.1) is 5.60 Å². The molecule has 3 atom stereocenters. The molecule has 3 unspecified atom stereocenters. The average molecular weight is 266 g/mol. The Hall–Kier alpha value is -0.610. The van der Waals surface area contributed by atoms with Crippen LogP contribution in [0.15, 0.2) is 0 Å². The van der Waals surface area contributed by atoms with E-state index in [1.165, 1.54) is 19.3 Å². The average Bonchev–Trinajstić information content (AvgIpc) is 3.21. The van der Waals surface area contributed by atoms with E-state index in [2.05, 4.69) is 0 Å². The highest BCUT2D eigenvalue weighted by molar-refractivity contribution is 5.77. The molecule has 4 heteroatoms. The van der Waals surface area contributed by atoms with Crippen LogP contribution in [-0.2, 0) is 4.79 Å². The maximum atomic E-state index is 12.3. The number of hydrogen-bond acceptors (Lipinski definition) is 3. The van der Waals surface area contributed by atoms with E-state index in [1.54, 1.807) is 0 Å². The predicted molar refractivity (Wildman–Crippen MR) is 73.4 cm³/mol. The van der Waals surface area contributed by atoms with Gasteiger partial charge in [-0.25, -0.2) is 0 Å². The third-order valence-electron chi connectivity index (χ3n) is 5.42. The van der Waals surface area contributed by atoms with Crippen LogP contribution in [0.4, 0.5) is 0 Å². The molecular formula is C15H26N2O2. The Balaban J connectivity index is 1.56. The van der Waals surface area contributed by atoms with Gasteiger partial charge in [-0.1, -0.05) is 12.8 Å². The van der Waals surface area contributed by atoms with E-state index in [4.69, 9.17) is 5.73 Å². The SMILES string of the molecule is NC(CC(=O)N1CCC2(O)CCCCC2C1)C1CC1. The molecule has 2 saturated carbocycles. The first kappa shape index (κ1) is 13.4. The molecule has 3 rings (SSSR count). The van der Waals surface area contributed by atoms with Crippen LogP contribution in [0.3, 0.4) is 0 Å². The highest BCUT2D eigenvalue weighted by Crippen LogP contribution is 2.40. The molecule has 0 bridgehead atoms. The van der Waals surface area contributed by atoms with E-state index in [-0.39, 0.29) is 17.9 Å². The highest BCUT2D eigenvalue weighted by Gasteiger charge is 2.44. The number of aliphatic hydroxyl groups is 1. The molecule has 3 N–H and O–H groups in total. The summed E-state index contributed by atoms with van der Waals surface area (Å²) in [5.74, 6) is 1.07.